The van der Waals surface area contributed by atoms with Crippen LogP contribution in [0.4, 0.5) is 18.9 Å². The van der Waals surface area contributed by atoms with Crippen LogP contribution in [-0.2, 0) is 29.3 Å². The highest BCUT2D eigenvalue weighted by Crippen LogP contribution is 2.43. The van der Waals surface area contributed by atoms with Crippen LogP contribution in [0, 0.1) is 45.1 Å². The van der Waals surface area contributed by atoms with Crippen LogP contribution in [0.2, 0.25) is 0 Å². The molecule has 1 N–H and O–H groups in total. The number of carbonyl (C=O) groups excluding carboxylic acids is 2. The second-order valence-corrected chi connectivity index (χ2v) is 23.1. The van der Waals surface area contributed by atoms with Crippen molar-refractivity contribution in [3.05, 3.63) is 101 Å². The van der Waals surface area contributed by atoms with Gasteiger partial charge in [-0.3, -0.25) is 9.59 Å². The van der Waals surface area contributed by atoms with Crippen LogP contribution in [-0.4, -0.2) is 81.1 Å². The zero-order chi connectivity index (χ0) is 48.7. The number of anilines is 1. The van der Waals surface area contributed by atoms with Crippen LogP contribution in [0.15, 0.2) is 57.6 Å². The van der Waals surface area contributed by atoms with Crippen molar-refractivity contribution in [1.82, 2.24) is 34.7 Å². The summed E-state index contributed by atoms with van der Waals surface area (Å²) < 4.78 is 105. The average molecular weight is 987 g/mol. The molecular formula is C48H49F3N8O8S2. The minimum atomic E-state index is -3.15. The van der Waals surface area contributed by atoms with E-state index in [1.807, 2.05) is 68.7 Å². The summed E-state index contributed by atoms with van der Waals surface area (Å²) in [6.45, 7) is 7.46. The normalized spacial score (nSPS) is 20.8. The molecule has 3 aromatic carbocycles. The topological polar surface area (TPSA) is 205 Å². The van der Waals surface area contributed by atoms with Gasteiger partial charge in [-0.05, 0) is 102 Å². The predicted molar refractivity (Wildman–Crippen MR) is 249 cm³/mol. The van der Waals surface area contributed by atoms with E-state index in [4.69, 9.17) is 19.0 Å². The number of halogens is 3. The smallest absolute Gasteiger partial charge is 0.227 e. The first-order valence-corrected chi connectivity index (χ1v) is 26.6. The highest BCUT2D eigenvalue weighted by molar-refractivity contribution is 7.91. The molecule has 4 fully saturated rings. The first kappa shape index (κ1) is 46.4. The molecule has 0 saturated carbocycles. The van der Waals surface area contributed by atoms with Gasteiger partial charge in [-0.1, -0.05) is 22.4 Å². The number of hydrogen-bond donors (Lipinski definition) is 1. The molecule has 0 aliphatic carbocycles. The van der Waals surface area contributed by atoms with Crippen molar-refractivity contribution in [2.45, 2.75) is 103 Å². The molecule has 0 bridgehead atoms. The van der Waals surface area contributed by atoms with Crippen molar-refractivity contribution >= 4 is 59.2 Å². The zero-order valence-electron chi connectivity index (χ0n) is 38.3. The molecule has 21 heteroatoms. The lowest BCUT2D eigenvalue weighted by atomic mass is 10.0. The predicted octanol–water partition coefficient (Wildman–Crippen LogP) is 8.35. The molecule has 4 aliphatic heterocycles. The summed E-state index contributed by atoms with van der Waals surface area (Å²) in [7, 11) is -6.12. The third-order valence-corrected chi connectivity index (χ3v) is 17.4. The number of carbonyl (C=O) groups is 2. The Morgan fingerprint density at radius 2 is 1.10 bits per heavy atom. The van der Waals surface area contributed by atoms with Gasteiger partial charge in [0.15, 0.2) is 17.5 Å². The van der Waals surface area contributed by atoms with Gasteiger partial charge in [-0.2, -0.15) is 0 Å². The maximum atomic E-state index is 14.2. The minimum Gasteiger partial charge on any atom is -0.361 e. The number of fused-ring (bicyclic) bond motifs is 2. The lowest BCUT2D eigenvalue weighted by Gasteiger charge is -2.30. The van der Waals surface area contributed by atoms with Gasteiger partial charge in [0.2, 0.25) is 11.8 Å². The number of sulfone groups is 2. The summed E-state index contributed by atoms with van der Waals surface area (Å²) in [5, 5.41) is 11.1. The second kappa shape index (κ2) is 17.6. The summed E-state index contributed by atoms with van der Waals surface area (Å²) in [4.78, 5) is 35.9. The number of aromatic nitrogens is 6. The molecule has 362 valence electrons. The largest absolute Gasteiger partial charge is 0.361 e. The van der Waals surface area contributed by atoms with Crippen molar-refractivity contribution in [2.24, 2.45) is 0 Å². The zero-order valence-corrected chi connectivity index (χ0v) is 39.9. The van der Waals surface area contributed by atoms with Gasteiger partial charge < -0.3 is 28.4 Å². The Balaban J connectivity index is 0.000000166. The van der Waals surface area contributed by atoms with Gasteiger partial charge in [0.25, 0.3) is 0 Å². The standard InChI is InChI=1S/C27H25F3N4O4S.C21H24N4O4S/c1-14-25(15(2)38-32-14)16-3-4-22-21(11-16)31-27(34(22)17-7-9-39(36,37)10-8-17)23-5-6-24(35)33(23)18-12-19(28)26(30)20(29)13-18;1-12-20(13(2)29-24-12)14-3-5-18-17(11-14)23-21(16-4-6-19(26)22-16)25(18)15-7-9-30(27,28)10-8-15/h3-4,11-13,17,23H,5-10H2,1-2H3;3,5,11,15-16H,4,6-10H2,1-2H3,(H,22,26)/t23-;16-/m00/s1. The van der Waals surface area contributed by atoms with Gasteiger partial charge in [0.05, 0.1) is 74.2 Å². The van der Waals surface area contributed by atoms with Crippen molar-refractivity contribution in [3.8, 4) is 22.3 Å². The highest BCUT2D eigenvalue weighted by atomic mass is 32.2. The maximum absolute atomic E-state index is 14.2. The summed E-state index contributed by atoms with van der Waals surface area (Å²) in [5.74, 6) is -1.60. The Hall–Kier alpha value is -6.35. The van der Waals surface area contributed by atoms with E-state index in [0.29, 0.717) is 62.0 Å². The highest BCUT2D eigenvalue weighted by Gasteiger charge is 2.40. The third-order valence-electron chi connectivity index (χ3n) is 13.9. The molecule has 16 nitrogen and oxygen atoms in total. The van der Waals surface area contributed by atoms with Crippen LogP contribution >= 0.6 is 0 Å². The molecule has 2 atom stereocenters. The molecule has 0 unspecified atom stereocenters. The summed E-state index contributed by atoms with van der Waals surface area (Å²) in [6, 6.07) is 12.4. The SMILES string of the molecule is Cc1noc(C)c1-c1ccc2c(c1)nc([C@@H]1CCC(=O)N1)n2C1CCS(=O)(=O)CC1.Cc1noc(C)c1-c1ccc2c(c1)nc([C@@H]1CCC(=O)N1c1cc(F)c(F)c(F)c1)n2C1CCS(=O)(=O)CC1. The first-order chi connectivity index (χ1) is 32.9. The Kier molecular flexibility index (Phi) is 11.8. The number of nitrogens with zero attached hydrogens (tertiary/aromatic N) is 7. The van der Waals surface area contributed by atoms with Crippen molar-refractivity contribution in [1.29, 1.82) is 0 Å². The van der Waals surface area contributed by atoms with Crippen molar-refractivity contribution < 1.29 is 48.6 Å². The quantitative estimate of drug-likeness (QED) is 0.150. The number of imidazole rings is 2. The van der Waals surface area contributed by atoms with Crippen LogP contribution in [0.5, 0.6) is 0 Å². The molecule has 69 heavy (non-hydrogen) atoms. The fraction of sp³-hybridized carbons (Fsp3) is 0.417. The fourth-order valence-corrected chi connectivity index (χ4v) is 13.5. The number of benzene rings is 3. The molecule has 11 rings (SSSR count). The number of hydrogen-bond acceptors (Lipinski definition) is 12. The Morgan fingerprint density at radius 3 is 1.55 bits per heavy atom. The Labute approximate surface area is 395 Å². The van der Waals surface area contributed by atoms with Gasteiger partial charge in [0, 0.05) is 48.2 Å². The van der Waals surface area contributed by atoms with E-state index in [-0.39, 0.29) is 65.1 Å². The third kappa shape index (κ3) is 8.61. The maximum Gasteiger partial charge on any atom is 0.227 e. The van der Waals surface area contributed by atoms with Crippen LogP contribution in [0.1, 0.15) is 110 Å². The molecule has 4 saturated heterocycles. The number of nitrogens with one attached hydrogen (secondary N) is 1. The monoisotopic (exact) mass is 986 g/mol. The van der Waals surface area contributed by atoms with Crippen LogP contribution in [0.3, 0.4) is 0 Å². The number of aryl methyl sites for hydroxylation is 4. The molecule has 2 amide bonds. The molecule has 7 aromatic rings. The average Bonchev–Trinajstić information content (AvgIpc) is 4.18. The van der Waals surface area contributed by atoms with Gasteiger partial charge in [0.1, 0.15) is 42.8 Å². The van der Waals surface area contributed by atoms with Crippen molar-refractivity contribution in [3.63, 3.8) is 0 Å². The van der Waals surface area contributed by atoms with Crippen LogP contribution < -0.4 is 10.2 Å². The van der Waals surface area contributed by atoms with E-state index >= 15 is 0 Å². The molecule has 4 aromatic heterocycles. The van der Waals surface area contributed by atoms with E-state index < -0.39 is 43.2 Å². The van der Waals surface area contributed by atoms with Gasteiger partial charge in [-0.15, -0.1) is 0 Å². The minimum absolute atomic E-state index is 0.0235. The van der Waals surface area contributed by atoms with E-state index in [2.05, 4.69) is 20.2 Å². The van der Waals surface area contributed by atoms with E-state index in [0.717, 1.165) is 73.9 Å². The van der Waals surface area contributed by atoms with Gasteiger partial charge >= 0.3 is 0 Å². The molecular weight excluding hydrogens is 938 g/mol. The Morgan fingerprint density at radius 1 is 0.623 bits per heavy atom. The van der Waals surface area contributed by atoms with Gasteiger partial charge in [-0.25, -0.2) is 40.0 Å². The molecule has 8 heterocycles. The summed E-state index contributed by atoms with van der Waals surface area (Å²) in [5.41, 5.74) is 8.23. The molecule has 0 radical (unpaired) electrons. The summed E-state index contributed by atoms with van der Waals surface area (Å²) >= 11 is 0. The Bertz CT molecular complexity index is 3360. The number of amides is 2. The second-order valence-electron chi connectivity index (χ2n) is 18.5. The lowest BCUT2D eigenvalue weighted by Crippen LogP contribution is -2.32. The lowest BCUT2D eigenvalue weighted by molar-refractivity contribution is -0.119. The molecule has 4 aliphatic rings. The summed E-state index contributed by atoms with van der Waals surface area (Å²) in [6.07, 6.45) is 3.48. The van der Waals surface area contributed by atoms with E-state index in [1.165, 1.54) is 4.90 Å². The van der Waals surface area contributed by atoms with E-state index in [9.17, 15) is 39.6 Å². The molecule has 0 spiro atoms. The van der Waals surface area contributed by atoms with Crippen LogP contribution in [0.25, 0.3) is 44.3 Å². The van der Waals surface area contributed by atoms with E-state index in [1.54, 1.807) is 0 Å². The number of rotatable bonds is 7. The van der Waals surface area contributed by atoms with Crippen molar-refractivity contribution in [2.75, 3.05) is 27.9 Å². The first-order valence-electron chi connectivity index (χ1n) is 22.9. The fourth-order valence-electron chi connectivity index (χ4n) is 10.6.